The Balaban J connectivity index is 1.62. The second-order valence-corrected chi connectivity index (χ2v) is 7.59. The Morgan fingerprint density at radius 2 is 1.30 bits per heavy atom. The van der Waals surface area contributed by atoms with E-state index in [0.29, 0.717) is 18.0 Å². The highest BCUT2D eigenvalue weighted by molar-refractivity contribution is 9.10. The Hall–Kier alpha value is -2.06. The number of carbonyl (C=O) groups excluding carboxylic acids is 2. The molecule has 0 bridgehead atoms. The van der Waals surface area contributed by atoms with Crippen molar-refractivity contribution in [2.24, 2.45) is 0 Å². The molecule has 0 saturated heterocycles. The van der Waals surface area contributed by atoms with Gasteiger partial charge in [-0.3, -0.25) is 9.59 Å². The summed E-state index contributed by atoms with van der Waals surface area (Å²) in [6.07, 6.45) is 0. The molecular formula is C19H20Br2N2O4. The van der Waals surface area contributed by atoms with Gasteiger partial charge in [0.25, 0.3) is 11.8 Å². The molecule has 2 amide bonds. The number of hydrogen-bond acceptors (Lipinski definition) is 4. The van der Waals surface area contributed by atoms with E-state index in [1.807, 2.05) is 24.3 Å². The van der Waals surface area contributed by atoms with Gasteiger partial charge in [-0.1, -0.05) is 31.9 Å². The predicted octanol–water partition coefficient (Wildman–Crippen LogP) is 3.29. The summed E-state index contributed by atoms with van der Waals surface area (Å²) in [5.41, 5.74) is 0. The highest BCUT2D eigenvalue weighted by atomic mass is 79.9. The average Bonchev–Trinajstić information content (AvgIpc) is 2.65. The molecule has 2 aromatic carbocycles. The zero-order valence-electron chi connectivity index (χ0n) is 14.7. The summed E-state index contributed by atoms with van der Waals surface area (Å²) in [4.78, 5) is 23.7. The van der Waals surface area contributed by atoms with Gasteiger partial charge in [-0.25, -0.2) is 0 Å². The summed E-state index contributed by atoms with van der Waals surface area (Å²) in [5.74, 6) is 0.704. The van der Waals surface area contributed by atoms with Crippen LogP contribution in [-0.4, -0.2) is 37.6 Å². The van der Waals surface area contributed by atoms with Crippen LogP contribution in [0.5, 0.6) is 11.5 Å². The molecule has 0 aliphatic carbocycles. The number of halogens is 2. The SMILES string of the molecule is C[C@H](CNC(=O)COc1ccc(Br)cc1)NC(=O)COc1ccc(Br)cc1. The minimum Gasteiger partial charge on any atom is -0.484 e. The Bertz CT molecular complexity index is 751. The first-order valence-electron chi connectivity index (χ1n) is 8.25. The fraction of sp³-hybridized carbons (Fsp3) is 0.263. The molecule has 0 radical (unpaired) electrons. The lowest BCUT2D eigenvalue weighted by Gasteiger charge is -2.15. The lowest BCUT2D eigenvalue weighted by atomic mass is 10.3. The van der Waals surface area contributed by atoms with E-state index in [2.05, 4.69) is 42.5 Å². The van der Waals surface area contributed by atoms with Crippen LogP contribution in [0.1, 0.15) is 6.92 Å². The lowest BCUT2D eigenvalue weighted by Crippen LogP contribution is -2.44. The maximum Gasteiger partial charge on any atom is 0.258 e. The third-order valence-electron chi connectivity index (χ3n) is 3.38. The van der Waals surface area contributed by atoms with Gasteiger partial charge in [0.1, 0.15) is 11.5 Å². The van der Waals surface area contributed by atoms with Crippen molar-refractivity contribution in [3.05, 3.63) is 57.5 Å². The summed E-state index contributed by atoms with van der Waals surface area (Å²) >= 11 is 6.67. The van der Waals surface area contributed by atoms with Crippen molar-refractivity contribution in [3.63, 3.8) is 0 Å². The van der Waals surface area contributed by atoms with Crippen LogP contribution in [0.4, 0.5) is 0 Å². The molecule has 27 heavy (non-hydrogen) atoms. The van der Waals surface area contributed by atoms with E-state index in [-0.39, 0.29) is 31.1 Å². The van der Waals surface area contributed by atoms with Gasteiger partial charge in [0.05, 0.1) is 0 Å². The smallest absolute Gasteiger partial charge is 0.258 e. The van der Waals surface area contributed by atoms with E-state index in [1.165, 1.54) is 0 Å². The largest absolute Gasteiger partial charge is 0.484 e. The standard InChI is InChI=1S/C19H20Br2N2O4/c1-13(23-19(25)12-27-17-8-4-15(21)5-9-17)10-22-18(24)11-26-16-6-2-14(20)3-7-16/h2-9,13H,10-12H2,1H3,(H,22,24)(H,23,25)/t13-/m1/s1. The van der Waals surface area contributed by atoms with Gasteiger partial charge in [0.2, 0.25) is 0 Å². The Kier molecular flexibility index (Phi) is 8.60. The molecule has 0 heterocycles. The van der Waals surface area contributed by atoms with Crippen molar-refractivity contribution >= 4 is 43.7 Å². The first kappa shape index (κ1) is 21.2. The van der Waals surface area contributed by atoms with Crippen molar-refractivity contribution in [3.8, 4) is 11.5 Å². The molecule has 0 unspecified atom stereocenters. The molecule has 0 fully saturated rings. The van der Waals surface area contributed by atoms with Crippen LogP contribution in [0.25, 0.3) is 0 Å². The van der Waals surface area contributed by atoms with Crippen molar-refractivity contribution in [2.75, 3.05) is 19.8 Å². The number of hydrogen-bond donors (Lipinski definition) is 2. The average molecular weight is 500 g/mol. The molecule has 1 atom stereocenters. The second kappa shape index (κ2) is 10.9. The molecule has 6 nitrogen and oxygen atoms in total. The Morgan fingerprint density at radius 1 is 0.852 bits per heavy atom. The molecule has 0 saturated carbocycles. The molecule has 2 aromatic rings. The van der Waals surface area contributed by atoms with Crippen LogP contribution in [0, 0.1) is 0 Å². The van der Waals surface area contributed by atoms with Crippen molar-refractivity contribution in [1.82, 2.24) is 10.6 Å². The van der Waals surface area contributed by atoms with Crippen LogP contribution in [-0.2, 0) is 9.59 Å². The van der Waals surface area contributed by atoms with Gasteiger partial charge >= 0.3 is 0 Å². The van der Waals surface area contributed by atoms with E-state index in [1.54, 1.807) is 31.2 Å². The van der Waals surface area contributed by atoms with E-state index >= 15 is 0 Å². The van der Waals surface area contributed by atoms with Crippen LogP contribution < -0.4 is 20.1 Å². The monoisotopic (exact) mass is 498 g/mol. The van der Waals surface area contributed by atoms with E-state index in [0.717, 1.165) is 8.95 Å². The van der Waals surface area contributed by atoms with Crippen molar-refractivity contribution in [2.45, 2.75) is 13.0 Å². The van der Waals surface area contributed by atoms with Crippen LogP contribution in [0.3, 0.4) is 0 Å². The topological polar surface area (TPSA) is 76.7 Å². The van der Waals surface area contributed by atoms with Crippen LogP contribution in [0.15, 0.2) is 57.5 Å². The predicted molar refractivity (Wildman–Crippen MR) is 110 cm³/mol. The zero-order chi connectivity index (χ0) is 19.6. The summed E-state index contributed by atoms with van der Waals surface area (Å²) in [6.45, 7) is 1.92. The molecular weight excluding hydrogens is 480 g/mol. The molecule has 144 valence electrons. The quantitative estimate of drug-likeness (QED) is 0.555. The normalized spacial score (nSPS) is 11.4. The molecule has 0 aromatic heterocycles. The summed E-state index contributed by atoms with van der Waals surface area (Å²) in [7, 11) is 0. The minimum atomic E-state index is -0.259. The highest BCUT2D eigenvalue weighted by Crippen LogP contribution is 2.16. The van der Waals surface area contributed by atoms with E-state index in [4.69, 9.17) is 9.47 Å². The van der Waals surface area contributed by atoms with Crippen molar-refractivity contribution in [1.29, 1.82) is 0 Å². The summed E-state index contributed by atoms with van der Waals surface area (Å²) < 4.78 is 12.7. The van der Waals surface area contributed by atoms with Gasteiger partial charge < -0.3 is 20.1 Å². The van der Waals surface area contributed by atoms with Crippen LogP contribution in [0.2, 0.25) is 0 Å². The second-order valence-electron chi connectivity index (χ2n) is 5.76. The summed E-state index contributed by atoms with van der Waals surface area (Å²) in [5, 5.41) is 5.48. The van der Waals surface area contributed by atoms with Gasteiger partial charge in [0, 0.05) is 21.5 Å². The van der Waals surface area contributed by atoms with Gasteiger partial charge in [-0.2, -0.15) is 0 Å². The fourth-order valence-electron chi connectivity index (χ4n) is 2.04. The lowest BCUT2D eigenvalue weighted by molar-refractivity contribution is -0.125. The number of rotatable bonds is 9. The molecule has 0 spiro atoms. The van der Waals surface area contributed by atoms with E-state index < -0.39 is 0 Å². The fourth-order valence-corrected chi connectivity index (χ4v) is 2.57. The van der Waals surface area contributed by atoms with Crippen molar-refractivity contribution < 1.29 is 19.1 Å². The third-order valence-corrected chi connectivity index (χ3v) is 4.44. The maximum atomic E-state index is 11.9. The molecule has 2 N–H and O–H groups in total. The van der Waals surface area contributed by atoms with Gasteiger partial charge in [-0.15, -0.1) is 0 Å². The number of amides is 2. The molecule has 8 heteroatoms. The first-order valence-corrected chi connectivity index (χ1v) is 9.84. The third kappa shape index (κ3) is 8.45. The number of benzene rings is 2. The van der Waals surface area contributed by atoms with Gasteiger partial charge in [-0.05, 0) is 55.5 Å². The van der Waals surface area contributed by atoms with E-state index in [9.17, 15) is 9.59 Å². The molecule has 0 aliphatic rings. The Morgan fingerprint density at radius 3 is 1.78 bits per heavy atom. The number of ether oxygens (including phenoxy) is 2. The first-order chi connectivity index (χ1) is 12.9. The molecule has 2 rings (SSSR count). The zero-order valence-corrected chi connectivity index (χ0v) is 17.9. The van der Waals surface area contributed by atoms with Crippen LogP contribution >= 0.6 is 31.9 Å². The Labute approximate surface area is 174 Å². The number of nitrogens with one attached hydrogen (secondary N) is 2. The maximum absolute atomic E-state index is 11.9. The summed E-state index contributed by atoms with van der Waals surface area (Å²) in [6, 6.07) is 14.2. The molecule has 0 aliphatic heterocycles. The number of carbonyl (C=O) groups is 2. The van der Waals surface area contributed by atoms with Gasteiger partial charge in [0.15, 0.2) is 13.2 Å². The minimum absolute atomic E-state index is 0.0883. The highest BCUT2D eigenvalue weighted by Gasteiger charge is 2.10.